The summed E-state index contributed by atoms with van der Waals surface area (Å²) in [6, 6.07) is 0.186. The molecule has 0 saturated carbocycles. The summed E-state index contributed by atoms with van der Waals surface area (Å²) in [6.45, 7) is 4.94. The number of hydrogen-bond donors (Lipinski definition) is 1. The van der Waals surface area contributed by atoms with Crippen molar-refractivity contribution < 1.29 is 12.6 Å². The minimum absolute atomic E-state index is 0.0140. The topological polar surface area (TPSA) is 63.2 Å². The molecule has 0 saturated heterocycles. The summed E-state index contributed by atoms with van der Waals surface area (Å²) in [5, 5.41) is 3.22. The van der Waals surface area contributed by atoms with E-state index in [0.29, 0.717) is 5.75 Å². The largest absolute Gasteiger partial charge is 0.313 e. The first-order chi connectivity index (χ1) is 6.85. The molecule has 0 heterocycles. The Hall–Kier alpha value is 0.0600. The Morgan fingerprint density at radius 1 is 1.40 bits per heavy atom. The lowest BCUT2D eigenvalue weighted by Crippen LogP contribution is -2.32. The summed E-state index contributed by atoms with van der Waals surface area (Å²) in [7, 11) is -4.03. The molecule has 0 fully saturated rings. The van der Waals surface area contributed by atoms with E-state index < -0.39 is 20.6 Å². The molecule has 0 amide bonds. The van der Waals surface area contributed by atoms with Crippen molar-refractivity contribution in [3.05, 3.63) is 0 Å². The predicted molar refractivity (Wildman–Crippen MR) is 65.3 cm³/mol. The maximum Gasteiger partial charge on any atom is 0.148 e. The second-order valence-corrected chi connectivity index (χ2v) is 7.68. The first-order valence-corrected chi connectivity index (χ1v) is 8.66. The van der Waals surface area contributed by atoms with Crippen LogP contribution in [-0.4, -0.2) is 48.7 Å². The lowest BCUT2D eigenvalue weighted by atomic mass is 10.3. The lowest BCUT2D eigenvalue weighted by molar-refractivity contribution is 0.581. The molecule has 0 bridgehead atoms. The number of nitrogens with one attached hydrogen (secondary N) is 1. The molecular formula is C9H21NO3S2. The van der Waals surface area contributed by atoms with Gasteiger partial charge in [-0.05, 0) is 19.9 Å². The van der Waals surface area contributed by atoms with E-state index in [1.165, 1.54) is 6.26 Å². The van der Waals surface area contributed by atoms with Gasteiger partial charge in [0, 0.05) is 34.6 Å². The van der Waals surface area contributed by atoms with Crippen LogP contribution >= 0.6 is 0 Å². The van der Waals surface area contributed by atoms with E-state index in [0.717, 1.165) is 13.0 Å². The van der Waals surface area contributed by atoms with Crippen molar-refractivity contribution in [2.24, 2.45) is 0 Å². The molecule has 0 aromatic carbocycles. The molecule has 0 aromatic heterocycles. The molecule has 0 radical (unpaired) electrons. The average Bonchev–Trinajstić information content (AvgIpc) is 2.10. The van der Waals surface area contributed by atoms with Crippen LogP contribution < -0.4 is 5.32 Å². The van der Waals surface area contributed by atoms with Gasteiger partial charge in [0.25, 0.3) is 0 Å². The van der Waals surface area contributed by atoms with E-state index in [2.05, 4.69) is 12.2 Å². The van der Waals surface area contributed by atoms with E-state index in [4.69, 9.17) is 0 Å². The lowest BCUT2D eigenvalue weighted by Gasteiger charge is -2.12. The van der Waals surface area contributed by atoms with Crippen LogP contribution in [0, 0.1) is 0 Å². The smallest absolute Gasteiger partial charge is 0.148 e. The SMILES string of the molecule is CCCNC(C)CS(=O)CCS(C)(=O)=O. The van der Waals surface area contributed by atoms with Crippen LogP contribution in [0.4, 0.5) is 0 Å². The van der Waals surface area contributed by atoms with Crippen molar-refractivity contribution in [1.82, 2.24) is 5.32 Å². The second kappa shape index (κ2) is 7.35. The van der Waals surface area contributed by atoms with Crippen molar-refractivity contribution in [2.45, 2.75) is 26.3 Å². The van der Waals surface area contributed by atoms with Gasteiger partial charge in [0.2, 0.25) is 0 Å². The summed E-state index contributed by atoms with van der Waals surface area (Å²) < 4.78 is 33.2. The fraction of sp³-hybridized carbons (Fsp3) is 1.00. The van der Waals surface area contributed by atoms with E-state index in [9.17, 15) is 12.6 Å². The predicted octanol–water partition coefficient (Wildman–Crippen LogP) is 0.168. The molecule has 1 N–H and O–H groups in total. The zero-order chi connectivity index (χ0) is 11.9. The highest BCUT2D eigenvalue weighted by molar-refractivity contribution is 7.92. The fourth-order valence-electron chi connectivity index (χ4n) is 1.06. The van der Waals surface area contributed by atoms with Crippen molar-refractivity contribution >= 4 is 20.6 Å². The molecule has 4 nitrogen and oxygen atoms in total. The molecule has 92 valence electrons. The summed E-state index contributed by atoms with van der Waals surface area (Å²) in [5.41, 5.74) is 0. The Morgan fingerprint density at radius 2 is 2.00 bits per heavy atom. The van der Waals surface area contributed by atoms with Gasteiger partial charge in [-0.15, -0.1) is 0 Å². The first-order valence-electron chi connectivity index (χ1n) is 5.11. The highest BCUT2D eigenvalue weighted by Crippen LogP contribution is 1.92. The van der Waals surface area contributed by atoms with Crippen LogP contribution in [-0.2, 0) is 20.6 Å². The normalized spacial score (nSPS) is 16.2. The third-order valence-electron chi connectivity index (χ3n) is 1.86. The molecule has 15 heavy (non-hydrogen) atoms. The van der Waals surface area contributed by atoms with E-state index in [1.54, 1.807) is 0 Å². The van der Waals surface area contributed by atoms with Crippen LogP contribution in [0.2, 0.25) is 0 Å². The second-order valence-electron chi connectivity index (χ2n) is 3.80. The van der Waals surface area contributed by atoms with Gasteiger partial charge in [0.1, 0.15) is 9.84 Å². The minimum Gasteiger partial charge on any atom is -0.313 e. The highest BCUT2D eigenvalue weighted by atomic mass is 32.2. The van der Waals surface area contributed by atoms with E-state index >= 15 is 0 Å². The molecule has 0 aliphatic carbocycles. The van der Waals surface area contributed by atoms with Gasteiger partial charge in [0.05, 0.1) is 5.75 Å². The zero-order valence-electron chi connectivity index (χ0n) is 9.65. The van der Waals surface area contributed by atoms with Crippen LogP contribution in [0.5, 0.6) is 0 Å². The van der Waals surface area contributed by atoms with Crippen LogP contribution in [0.3, 0.4) is 0 Å². The molecule has 0 rings (SSSR count). The minimum atomic E-state index is -2.99. The molecule has 2 atom stereocenters. The van der Waals surface area contributed by atoms with Gasteiger partial charge >= 0.3 is 0 Å². The summed E-state index contributed by atoms with van der Waals surface area (Å²) >= 11 is 0. The average molecular weight is 255 g/mol. The zero-order valence-corrected chi connectivity index (χ0v) is 11.3. The molecule has 0 spiro atoms. The number of hydrogen-bond acceptors (Lipinski definition) is 4. The standard InChI is InChI=1S/C9H21NO3S2/c1-4-5-10-9(2)8-14(11)6-7-15(3,12)13/h9-10H,4-8H2,1-3H3. The summed E-state index contributed by atoms with van der Waals surface area (Å²) in [5.74, 6) is 0.784. The Labute approximate surface area is 95.2 Å². The van der Waals surface area contributed by atoms with Gasteiger partial charge in [-0.2, -0.15) is 0 Å². The fourth-order valence-corrected chi connectivity index (χ4v) is 3.85. The van der Waals surface area contributed by atoms with Gasteiger partial charge in [0.15, 0.2) is 0 Å². The molecule has 0 aromatic rings. The quantitative estimate of drug-likeness (QED) is 0.671. The van der Waals surface area contributed by atoms with Crippen molar-refractivity contribution in [3.8, 4) is 0 Å². The molecule has 2 unspecified atom stereocenters. The Kier molecular flexibility index (Phi) is 7.38. The van der Waals surface area contributed by atoms with Gasteiger partial charge < -0.3 is 5.32 Å². The Balaban J connectivity index is 3.74. The van der Waals surface area contributed by atoms with Crippen LogP contribution in [0.25, 0.3) is 0 Å². The van der Waals surface area contributed by atoms with Gasteiger partial charge in [-0.1, -0.05) is 6.92 Å². The summed E-state index contributed by atoms with van der Waals surface area (Å²) in [4.78, 5) is 0. The maximum atomic E-state index is 11.5. The Morgan fingerprint density at radius 3 is 2.47 bits per heavy atom. The van der Waals surface area contributed by atoms with Gasteiger partial charge in [-0.3, -0.25) is 4.21 Å². The number of sulfone groups is 1. The third-order valence-corrected chi connectivity index (χ3v) is 4.60. The third kappa shape index (κ3) is 10.3. The van der Waals surface area contributed by atoms with E-state index in [1.807, 2.05) is 6.92 Å². The molecule has 6 heteroatoms. The highest BCUT2D eigenvalue weighted by Gasteiger charge is 2.09. The maximum absolute atomic E-state index is 11.5. The first kappa shape index (κ1) is 15.1. The van der Waals surface area contributed by atoms with Crippen molar-refractivity contribution in [1.29, 1.82) is 0 Å². The van der Waals surface area contributed by atoms with Crippen molar-refractivity contribution in [3.63, 3.8) is 0 Å². The monoisotopic (exact) mass is 255 g/mol. The molecule has 0 aliphatic rings. The van der Waals surface area contributed by atoms with Crippen LogP contribution in [0.1, 0.15) is 20.3 Å². The summed E-state index contributed by atoms with van der Waals surface area (Å²) in [6.07, 6.45) is 2.21. The number of rotatable bonds is 8. The van der Waals surface area contributed by atoms with Gasteiger partial charge in [-0.25, -0.2) is 8.42 Å². The molecule has 0 aliphatic heterocycles. The Bertz CT molecular complexity index is 288. The molecular weight excluding hydrogens is 234 g/mol. The van der Waals surface area contributed by atoms with Crippen LogP contribution in [0.15, 0.2) is 0 Å². The van der Waals surface area contributed by atoms with E-state index in [-0.39, 0.29) is 17.5 Å². The van der Waals surface area contributed by atoms with Crippen molar-refractivity contribution in [2.75, 3.05) is 30.1 Å².